The lowest BCUT2D eigenvalue weighted by atomic mass is 9.93. The number of rotatable bonds is 9. The maximum absolute atomic E-state index is 6.27. The van der Waals surface area contributed by atoms with Crippen molar-refractivity contribution in [1.82, 2.24) is 10.2 Å². The highest BCUT2D eigenvalue weighted by molar-refractivity contribution is 6.31. The Morgan fingerprint density at radius 3 is 2.43 bits per heavy atom. The lowest BCUT2D eigenvalue weighted by Gasteiger charge is -2.31. The molecule has 4 heteroatoms. The van der Waals surface area contributed by atoms with E-state index in [0.29, 0.717) is 12.0 Å². The van der Waals surface area contributed by atoms with Crippen LogP contribution in [0.3, 0.4) is 0 Å². The summed E-state index contributed by atoms with van der Waals surface area (Å²) in [6.07, 6.45) is 2.41. The Balaban J connectivity index is 2.66. The number of methoxy groups -OCH3 is 1. The van der Waals surface area contributed by atoms with E-state index in [1.165, 1.54) is 12.8 Å². The zero-order valence-electron chi connectivity index (χ0n) is 13.9. The predicted molar refractivity (Wildman–Crippen MR) is 91.3 cm³/mol. The fourth-order valence-electron chi connectivity index (χ4n) is 2.85. The van der Waals surface area contributed by atoms with Crippen LogP contribution < -0.4 is 10.1 Å². The van der Waals surface area contributed by atoms with Crippen LogP contribution in [0.1, 0.15) is 32.3 Å². The van der Waals surface area contributed by atoms with Crippen molar-refractivity contribution >= 4 is 11.6 Å². The highest BCUT2D eigenvalue weighted by Crippen LogP contribution is 2.26. The lowest BCUT2D eigenvalue weighted by Crippen LogP contribution is -2.42. The third kappa shape index (κ3) is 5.17. The average Bonchev–Trinajstić information content (AvgIpc) is 2.47. The van der Waals surface area contributed by atoms with Gasteiger partial charge in [0, 0.05) is 29.7 Å². The van der Waals surface area contributed by atoms with Gasteiger partial charge in [0.05, 0.1) is 7.11 Å². The van der Waals surface area contributed by atoms with Gasteiger partial charge in [-0.3, -0.25) is 0 Å². The summed E-state index contributed by atoms with van der Waals surface area (Å²) in [6, 6.07) is 6.31. The minimum absolute atomic E-state index is 0.536. The fraction of sp³-hybridized carbons (Fsp3) is 0.647. The zero-order chi connectivity index (χ0) is 15.8. The maximum Gasteiger partial charge on any atom is 0.124 e. The SMILES string of the molecule is CCC(CC)C(CNCc1c(Cl)cccc1OC)N(C)C. The number of benzene rings is 1. The van der Waals surface area contributed by atoms with Gasteiger partial charge in [-0.1, -0.05) is 44.4 Å². The smallest absolute Gasteiger partial charge is 0.124 e. The molecule has 0 bridgehead atoms. The monoisotopic (exact) mass is 312 g/mol. The van der Waals surface area contributed by atoms with Crippen molar-refractivity contribution in [3.63, 3.8) is 0 Å². The standard InChI is InChI=1S/C17H29ClN2O/c1-6-13(7-2)16(20(3)4)12-19-11-14-15(18)9-8-10-17(14)21-5/h8-10,13,16,19H,6-7,11-12H2,1-5H3. The van der Waals surface area contributed by atoms with Crippen molar-refractivity contribution in [1.29, 1.82) is 0 Å². The van der Waals surface area contributed by atoms with Crippen molar-refractivity contribution in [2.45, 2.75) is 39.3 Å². The van der Waals surface area contributed by atoms with Crippen molar-refractivity contribution in [3.8, 4) is 5.75 Å². The molecule has 0 heterocycles. The molecular weight excluding hydrogens is 284 g/mol. The molecular formula is C17H29ClN2O. The van der Waals surface area contributed by atoms with E-state index in [-0.39, 0.29) is 0 Å². The van der Waals surface area contributed by atoms with Gasteiger partial charge in [-0.15, -0.1) is 0 Å². The lowest BCUT2D eigenvalue weighted by molar-refractivity contribution is 0.193. The molecule has 0 amide bonds. The Bertz CT molecular complexity index is 419. The molecule has 21 heavy (non-hydrogen) atoms. The van der Waals surface area contributed by atoms with Gasteiger partial charge in [0.2, 0.25) is 0 Å². The zero-order valence-corrected chi connectivity index (χ0v) is 14.7. The first-order valence-electron chi connectivity index (χ1n) is 7.73. The topological polar surface area (TPSA) is 24.5 Å². The Morgan fingerprint density at radius 1 is 1.24 bits per heavy atom. The molecule has 0 aliphatic rings. The van der Waals surface area contributed by atoms with Crippen LogP contribution in [0.25, 0.3) is 0 Å². The summed E-state index contributed by atoms with van der Waals surface area (Å²) in [7, 11) is 5.99. The van der Waals surface area contributed by atoms with Gasteiger partial charge in [-0.2, -0.15) is 0 Å². The molecule has 120 valence electrons. The molecule has 0 saturated heterocycles. The molecule has 0 fully saturated rings. The summed E-state index contributed by atoms with van der Waals surface area (Å²) in [6.45, 7) is 6.21. The average molecular weight is 313 g/mol. The van der Waals surface area contributed by atoms with E-state index in [9.17, 15) is 0 Å². The van der Waals surface area contributed by atoms with Crippen LogP contribution in [0.2, 0.25) is 5.02 Å². The second-order valence-electron chi connectivity index (χ2n) is 5.66. The number of nitrogens with zero attached hydrogens (tertiary/aromatic N) is 1. The van der Waals surface area contributed by atoms with Crippen LogP contribution >= 0.6 is 11.6 Å². The Morgan fingerprint density at radius 2 is 1.90 bits per heavy atom. The van der Waals surface area contributed by atoms with Gasteiger partial charge >= 0.3 is 0 Å². The number of hydrogen-bond acceptors (Lipinski definition) is 3. The molecule has 0 aliphatic carbocycles. The number of hydrogen-bond donors (Lipinski definition) is 1. The normalized spacial score (nSPS) is 13.0. The van der Waals surface area contributed by atoms with Gasteiger partial charge < -0.3 is 15.0 Å². The fourth-order valence-corrected chi connectivity index (χ4v) is 3.08. The van der Waals surface area contributed by atoms with Crippen LogP contribution in [0.15, 0.2) is 18.2 Å². The first kappa shape index (κ1) is 18.3. The number of ether oxygens (including phenoxy) is 1. The highest BCUT2D eigenvalue weighted by atomic mass is 35.5. The van der Waals surface area contributed by atoms with Gasteiger partial charge in [0.15, 0.2) is 0 Å². The van der Waals surface area contributed by atoms with Gasteiger partial charge in [0.25, 0.3) is 0 Å². The number of likely N-dealkylation sites (N-methyl/N-ethyl adjacent to an activating group) is 1. The molecule has 0 radical (unpaired) electrons. The van der Waals surface area contributed by atoms with E-state index in [2.05, 4.69) is 38.2 Å². The van der Waals surface area contributed by atoms with E-state index < -0.39 is 0 Å². The molecule has 1 aromatic carbocycles. The second-order valence-corrected chi connectivity index (χ2v) is 6.07. The van der Waals surface area contributed by atoms with Gasteiger partial charge in [0.1, 0.15) is 5.75 Å². The van der Waals surface area contributed by atoms with Crippen LogP contribution in [0.4, 0.5) is 0 Å². The first-order valence-corrected chi connectivity index (χ1v) is 8.11. The van der Waals surface area contributed by atoms with Crippen LogP contribution in [-0.4, -0.2) is 38.7 Å². The van der Waals surface area contributed by atoms with E-state index in [0.717, 1.165) is 29.4 Å². The minimum atomic E-state index is 0.536. The van der Waals surface area contributed by atoms with Crippen molar-refractivity contribution in [3.05, 3.63) is 28.8 Å². The van der Waals surface area contributed by atoms with Crippen LogP contribution in [-0.2, 0) is 6.54 Å². The first-order chi connectivity index (χ1) is 10.0. The molecule has 0 spiro atoms. The second kappa shape index (κ2) is 9.29. The van der Waals surface area contributed by atoms with E-state index >= 15 is 0 Å². The summed E-state index contributed by atoms with van der Waals surface area (Å²) < 4.78 is 5.39. The molecule has 0 aromatic heterocycles. The summed E-state index contributed by atoms with van der Waals surface area (Å²) in [5.74, 6) is 1.56. The van der Waals surface area contributed by atoms with E-state index in [4.69, 9.17) is 16.3 Å². The maximum atomic E-state index is 6.27. The molecule has 1 aromatic rings. The van der Waals surface area contributed by atoms with Gasteiger partial charge in [-0.25, -0.2) is 0 Å². The molecule has 0 aliphatic heterocycles. The van der Waals surface area contributed by atoms with E-state index in [1.54, 1.807) is 7.11 Å². The summed E-state index contributed by atoms with van der Waals surface area (Å²) >= 11 is 6.27. The summed E-state index contributed by atoms with van der Waals surface area (Å²) in [5.41, 5.74) is 1.03. The molecule has 1 rings (SSSR count). The summed E-state index contributed by atoms with van der Waals surface area (Å²) in [4.78, 5) is 2.31. The molecule has 3 nitrogen and oxygen atoms in total. The minimum Gasteiger partial charge on any atom is -0.496 e. The molecule has 1 unspecified atom stereocenters. The molecule has 1 N–H and O–H groups in total. The highest BCUT2D eigenvalue weighted by Gasteiger charge is 2.20. The molecule has 0 saturated carbocycles. The quantitative estimate of drug-likeness (QED) is 0.750. The van der Waals surface area contributed by atoms with Gasteiger partial charge in [-0.05, 0) is 32.1 Å². The van der Waals surface area contributed by atoms with Crippen molar-refractivity contribution in [2.24, 2.45) is 5.92 Å². The number of halogens is 1. The third-order valence-corrected chi connectivity index (χ3v) is 4.56. The van der Waals surface area contributed by atoms with Crippen LogP contribution in [0.5, 0.6) is 5.75 Å². The van der Waals surface area contributed by atoms with E-state index in [1.807, 2.05) is 18.2 Å². The third-order valence-electron chi connectivity index (χ3n) is 4.21. The largest absolute Gasteiger partial charge is 0.496 e. The van der Waals surface area contributed by atoms with Crippen LogP contribution in [0, 0.1) is 5.92 Å². The number of nitrogens with one attached hydrogen (secondary N) is 1. The molecule has 1 atom stereocenters. The van der Waals surface area contributed by atoms with Crippen molar-refractivity contribution in [2.75, 3.05) is 27.7 Å². The van der Waals surface area contributed by atoms with Crippen molar-refractivity contribution < 1.29 is 4.74 Å². The Labute approximate surface area is 134 Å². The Hall–Kier alpha value is -0.770. The summed E-state index contributed by atoms with van der Waals surface area (Å²) in [5, 5.41) is 4.30. The Kier molecular flexibility index (Phi) is 8.09. The predicted octanol–water partition coefficient (Wildman–Crippen LogP) is 3.80.